The number of carbonyl (C=O) groups excluding carboxylic acids is 1. The molecule has 0 aliphatic heterocycles. The summed E-state index contributed by atoms with van der Waals surface area (Å²) >= 11 is 0. The molecule has 0 spiro atoms. The van der Waals surface area contributed by atoms with E-state index in [1.807, 2.05) is 0 Å². The third-order valence-corrected chi connectivity index (χ3v) is 3.25. The Labute approximate surface area is 106 Å². The average molecular weight is 250 g/mol. The summed E-state index contributed by atoms with van der Waals surface area (Å²) in [6.07, 6.45) is 5.82. The maximum absolute atomic E-state index is 11.3. The molecule has 5 nitrogen and oxygen atoms in total. The number of rotatable bonds is 4. The molecule has 2 N–H and O–H groups in total. The van der Waals surface area contributed by atoms with Crippen molar-refractivity contribution in [1.29, 1.82) is 0 Å². The quantitative estimate of drug-likeness (QED) is 0.820. The summed E-state index contributed by atoms with van der Waals surface area (Å²) in [5.74, 6) is 0.130. The average Bonchev–Trinajstić information content (AvgIpc) is 2.83. The molecule has 0 saturated heterocycles. The lowest BCUT2D eigenvalue weighted by Crippen LogP contribution is -2.42. The molecule has 0 amide bonds. The lowest BCUT2D eigenvalue weighted by molar-refractivity contribution is 0.0593. The molecule has 1 saturated carbocycles. The van der Waals surface area contributed by atoms with E-state index in [9.17, 15) is 4.79 Å². The molecular weight excluding hydrogens is 232 g/mol. The van der Waals surface area contributed by atoms with Crippen LogP contribution in [0, 0.1) is 0 Å². The second-order valence-corrected chi connectivity index (χ2v) is 4.73. The van der Waals surface area contributed by atoms with Gasteiger partial charge in [-0.1, -0.05) is 12.8 Å². The van der Waals surface area contributed by atoms with Gasteiger partial charge in [-0.3, -0.25) is 0 Å². The van der Waals surface area contributed by atoms with Gasteiger partial charge in [-0.15, -0.1) is 0 Å². The van der Waals surface area contributed by atoms with Crippen LogP contribution in [-0.4, -0.2) is 30.2 Å². The molecule has 1 fully saturated rings. The number of pyridine rings is 1. The van der Waals surface area contributed by atoms with E-state index < -0.39 is 5.97 Å². The first-order chi connectivity index (χ1) is 8.63. The van der Waals surface area contributed by atoms with Crippen LogP contribution in [-0.2, 0) is 4.74 Å². The molecular formula is C13H18N2O3. The largest absolute Gasteiger partial charge is 0.492 e. The van der Waals surface area contributed by atoms with Crippen molar-refractivity contribution >= 4 is 5.97 Å². The van der Waals surface area contributed by atoms with Crippen LogP contribution in [0.15, 0.2) is 18.3 Å². The highest BCUT2D eigenvalue weighted by Crippen LogP contribution is 2.27. The smallest absolute Gasteiger partial charge is 0.356 e. The summed E-state index contributed by atoms with van der Waals surface area (Å²) in [4.78, 5) is 15.2. The zero-order valence-electron chi connectivity index (χ0n) is 10.5. The Morgan fingerprint density at radius 1 is 1.50 bits per heavy atom. The number of aromatic nitrogens is 1. The van der Waals surface area contributed by atoms with Crippen molar-refractivity contribution in [2.75, 3.05) is 13.7 Å². The summed E-state index contributed by atoms with van der Waals surface area (Å²) in [5.41, 5.74) is 6.21. The van der Waals surface area contributed by atoms with Crippen molar-refractivity contribution in [2.24, 2.45) is 5.73 Å². The van der Waals surface area contributed by atoms with E-state index in [1.54, 1.807) is 12.1 Å². The number of carbonyl (C=O) groups is 1. The van der Waals surface area contributed by atoms with Crippen molar-refractivity contribution in [3.63, 3.8) is 0 Å². The number of ether oxygens (including phenoxy) is 2. The van der Waals surface area contributed by atoms with Crippen LogP contribution in [0.4, 0.5) is 0 Å². The van der Waals surface area contributed by atoms with Gasteiger partial charge in [0.2, 0.25) is 0 Å². The third kappa shape index (κ3) is 2.98. The lowest BCUT2D eigenvalue weighted by atomic mass is 10.0. The van der Waals surface area contributed by atoms with Gasteiger partial charge in [0.05, 0.1) is 12.6 Å². The Bertz CT molecular complexity index is 428. The Morgan fingerprint density at radius 2 is 2.22 bits per heavy atom. The van der Waals surface area contributed by atoms with Crippen LogP contribution in [0.1, 0.15) is 36.2 Å². The van der Waals surface area contributed by atoms with E-state index in [2.05, 4.69) is 9.72 Å². The molecule has 1 aliphatic rings. The Kier molecular flexibility index (Phi) is 3.81. The van der Waals surface area contributed by atoms with E-state index in [0.717, 1.165) is 25.7 Å². The van der Waals surface area contributed by atoms with Crippen LogP contribution < -0.4 is 10.5 Å². The van der Waals surface area contributed by atoms with Gasteiger partial charge in [0.1, 0.15) is 12.4 Å². The maximum Gasteiger partial charge on any atom is 0.356 e. The minimum absolute atomic E-state index is 0.227. The molecule has 1 aliphatic carbocycles. The van der Waals surface area contributed by atoms with Crippen LogP contribution in [0.5, 0.6) is 5.75 Å². The highest BCUT2D eigenvalue weighted by atomic mass is 16.5. The SMILES string of the molecule is COC(=O)c1cc(OCC2(N)CCCC2)ccn1. The highest BCUT2D eigenvalue weighted by molar-refractivity contribution is 5.87. The van der Waals surface area contributed by atoms with Gasteiger partial charge in [0.25, 0.3) is 0 Å². The van der Waals surface area contributed by atoms with E-state index in [1.165, 1.54) is 13.3 Å². The number of methoxy groups -OCH3 is 1. The van der Waals surface area contributed by atoms with Crippen LogP contribution >= 0.6 is 0 Å². The maximum atomic E-state index is 11.3. The Balaban J connectivity index is 1.99. The molecule has 1 aromatic heterocycles. The Hall–Kier alpha value is -1.62. The molecule has 1 aromatic rings. The van der Waals surface area contributed by atoms with Crippen molar-refractivity contribution < 1.29 is 14.3 Å². The van der Waals surface area contributed by atoms with Gasteiger partial charge in [0.15, 0.2) is 5.69 Å². The molecule has 2 rings (SSSR count). The van der Waals surface area contributed by atoms with Crippen molar-refractivity contribution in [2.45, 2.75) is 31.2 Å². The molecule has 0 unspecified atom stereocenters. The van der Waals surface area contributed by atoms with E-state index in [-0.39, 0.29) is 11.2 Å². The molecule has 0 atom stereocenters. The molecule has 0 bridgehead atoms. The zero-order valence-corrected chi connectivity index (χ0v) is 10.5. The topological polar surface area (TPSA) is 74.4 Å². The predicted octanol–water partition coefficient (Wildman–Crippen LogP) is 1.52. The fourth-order valence-electron chi connectivity index (χ4n) is 2.17. The van der Waals surface area contributed by atoms with Crippen LogP contribution in [0.3, 0.4) is 0 Å². The molecule has 18 heavy (non-hydrogen) atoms. The standard InChI is InChI=1S/C13H18N2O3/c1-17-12(16)11-8-10(4-7-15-11)18-9-13(14)5-2-3-6-13/h4,7-8H,2-3,5-6,9,14H2,1H3. The normalized spacial score (nSPS) is 17.4. The number of esters is 1. The molecule has 98 valence electrons. The van der Waals surface area contributed by atoms with Gasteiger partial charge in [0, 0.05) is 12.3 Å². The van der Waals surface area contributed by atoms with E-state index >= 15 is 0 Å². The summed E-state index contributed by atoms with van der Waals surface area (Å²) in [6, 6.07) is 3.29. The van der Waals surface area contributed by atoms with Crippen LogP contribution in [0.2, 0.25) is 0 Å². The molecule has 1 heterocycles. The fourth-order valence-corrected chi connectivity index (χ4v) is 2.17. The summed E-state index contributed by atoms with van der Waals surface area (Å²) < 4.78 is 10.3. The number of hydrogen-bond donors (Lipinski definition) is 1. The predicted molar refractivity (Wildman–Crippen MR) is 66.5 cm³/mol. The minimum Gasteiger partial charge on any atom is -0.492 e. The van der Waals surface area contributed by atoms with Crippen molar-refractivity contribution in [3.8, 4) is 5.75 Å². The third-order valence-electron chi connectivity index (χ3n) is 3.25. The van der Waals surface area contributed by atoms with Crippen molar-refractivity contribution in [3.05, 3.63) is 24.0 Å². The monoisotopic (exact) mass is 250 g/mol. The summed E-state index contributed by atoms with van der Waals surface area (Å²) in [7, 11) is 1.32. The van der Waals surface area contributed by atoms with E-state index in [4.69, 9.17) is 10.5 Å². The van der Waals surface area contributed by atoms with Crippen LogP contribution in [0.25, 0.3) is 0 Å². The number of nitrogens with zero attached hydrogens (tertiary/aromatic N) is 1. The first-order valence-electron chi connectivity index (χ1n) is 6.09. The van der Waals surface area contributed by atoms with Gasteiger partial charge in [-0.2, -0.15) is 0 Å². The van der Waals surface area contributed by atoms with Gasteiger partial charge in [-0.25, -0.2) is 9.78 Å². The zero-order chi connectivity index (χ0) is 13.0. The molecule has 5 heteroatoms. The summed E-state index contributed by atoms with van der Waals surface area (Å²) in [5, 5.41) is 0. The first kappa shape index (κ1) is 12.8. The number of hydrogen-bond acceptors (Lipinski definition) is 5. The lowest BCUT2D eigenvalue weighted by Gasteiger charge is -2.23. The molecule has 0 aromatic carbocycles. The minimum atomic E-state index is -0.469. The second-order valence-electron chi connectivity index (χ2n) is 4.73. The first-order valence-corrected chi connectivity index (χ1v) is 6.09. The molecule has 0 radical (unpaired) electrons. The Morgan fingerprint density at radius 3 is 2.89 bits per heavy atom. The van der Waals surface area contributed by atoms with Gasteiger partial charge < -0.3 is 15.2 Å². The second kappa shape index (κ2) is 5.35. The fraction of sp³-hybridized carbons (Fsp3) is 0.538. The van der Waals surface area contributed by atoms with Gasteiger partial charge >= 0.3 is 5.97 Å². The summed E-state index contributed by atoms with van der Waals surface area (Å²) in [6.45, 7) is 0.470. The van der Waals surface area contributed by atoms with Gasteiger partial charge in [-0.05, 0) is 18.9 Å². The highest BCUT2D eigenvalue weighted by Gasteiger charge is 2.30. The van der Waals surface area contributed by atoms with Crippen molar-refractivity contribution in [1.82, 2.24) is 4.98 Å². The number of nitrogens with two attached hydrogens (primary N) is 1. The van der Waals surface area contributed by atoms with E-state index in [0.29, 0.717) is 12.4 Å².